The van der Waals surface area contributed by atoms with E-state index >= 15 is 0 Å². The standard InChI is InChI=1S/C25H23F2N5O3/c1-32(2)17-5-6-18(21(13-17)28-14-15-3-7-19(26)20(27)11-15)24-30-31-25(35-24)29-16-4-8-22-23(12-16)34-10-9-33-22/h3-8,11-13,28H,9-10,14H2,1-2H3,(H,29,31). The van der Waals surface area contributed by atoms with Crippen LogP contribution in [0.4, 0.5) is 31.9 Å². The summed E-state index contributed by atoms with van der Waals surface area (Å²) in [5.74, 6) is -0.149. The second-order valence-electron chi connectivity index (χ2n) is 8.12. The van der Waals surface area contributed by atoms with E-state index < -0.39 is 11.6 Å². The van der Waals surface area contributed by atoms with Crippen molar-refractivity contribution < 1.29 is 22.7 Å². The number of ether oxygens (including phenoxy) is 2. The summed E-state index contributed by atoms with van der Waals surface area (Å²) in [5.41, 5.74) is 3.62. The molecular weight excluding hydrogens is 456 g/mol. The van der Waals surface area contributed by atoms with E-state index in [9.17, 15) is 8.78 Å². The van der Waals surface area contributed by atoms with Crippen LogP contribution in [0.1, 0.15) is 5.56 Å². The Labute approximate surface area is 200 Å². The predicted octanol–water partition coefficient (Wildman–Crippen LogP) is 5.21. The maximum Gasteiger partial charge on any atom is 0.320 e. The minimum absolute atomic E-state index is 0.208. The molecule has 0 unspecified atom stereocenters. The highest BCUT2D eigenvalue weighted by atomic mass is 19.2. The van der Waals surface area contributed by atoms with Crippen molar-refractivity contribution in [3.8, 4) is 23.0 Å². The van der Waals surface area contributed by atoms with Gasteiger partial charge in [0.25, 0.3) is 5.89 Å². The van der Waals surface area contributed by atoms with E-state index in [0.29, 0.717) is 53.1 Å². The van der Waals surface area contributed by atoms with Gasteiger partial charge in [0.1, 0.15) is 13.2 Å². The molecule has 0 fully saturated rings. The molecule has 2 N–H and O–H groups in total. The molecule has 8 nitrogen and oxygen atoms in total. The Morgan fingerprint density at radius 3 is 2.51 bits per heavy atom. The highest BCUT2D eigenvalue weighted by molar-refractivity contribution is 5.77. The molecule has 3 aromatic carbocycles. The summed E-state index contributed by atoms with van der Waals surface area (Å²) in [7, 11) is 3.85. The van der Waals surface area contributed by atoms with Crippen LogP contribution in [-0.4, -0.2) is 37.5 Å². The van der Waals surface area contributed by atoms with Gasteiger partial charge in [0.2, 0.25) is 0 Å². The zero-order chi connectivity index (χ0) is 24.4. The van der Waals surface area contributed by atoms with Gasteiger partial charge in [0, 0.05) is 43.8 Å². The molecule has 0 aliphatic carbocycles. The summed E-state index contributed by atoms with van der Waals surface area (Å²) >= 11 is 0. The van der Waals surface area contributed by atoms with Crippen LogP contribution < -0.4 is 25.0 Å². The van der Waals surface area contributed by atoms with Crippen LogP contribution in [0.3, 0.4) is 0 Å². The van der Waals surface area contributed by atoms with Gasteiger partial charge in [-0.05, 0) is 48.0 Å². The first-order valence-electron chi connectivity index (χ1n) is 11.0. The number of aromatic nitrogens is 2. The zero-order valence-corrected chi connectivity index (χ0v) is 19.1. The molecule has 0 bridgehead atoms. The van der Waals surface area contributed by atoms with E-state index in [2.05, 4.69) is 20.8 Å². The zero-order valence-electron chi connectivity index (χ0n) is 19.1. The lowest BCUT2D eigenvalue weighted by molar-refractivity contribution is 0.171. The number of rotatable bonds is 7. The Kier molecular flexibility index (Phi) is 6.09. The molecule has 2 heterocycles. The van der Waals surface area contributed by atoms with E-state index in [4.69, 9.17) is 13.9 Å². The van der Waals surface area contributed by atoms with Crippen molar-refractivity contribution in [3.63, 3.8) is 0 Å². The second-order valence-corrected chi connectivity index (χ2v) is 8.12. The van der Waals surface area contributed by atoms with Gasteiger partial charge < -0.3 is 29.4 Å². The van der Waals surface area contributed by atoms with Crippen molar-refractivity contribution in [2.75, 3.05) is 42.8 Å². The lowest BCUT2D eigenvalue weighted by atomic mass is 10.1. The molecule has 10 heteroatoms. The third kappa shape index (κ3) is 4.96. The Bertz CT molecular complexity index is 1360. The van der Waals surface area contributed by atoms with Gasteiger partial charge in [-0.25, -0.2) is 8.78 Å². The number of hydrogen-bond donors (Lipinski definition) is 2. The molecule has 0 amide bonds. The average molecular weight is 479 g/mol. The van der Waals surface area contributed by atoms with Crippen LogP contribution in [0.15, 0.2) is 59.0 Å². The largest absolute Gasteiger partial charge is 0.486 e. The second kappa shape index (κ2) is 9.49. The molecular formula is C25H23F2N5O3. The molecule has 0 atom stereocenters. The van der Waals surface area contributed by atoms with Gasteiger partial charge in [-0.3, -0.25) is 0 Å². The fourth-order valence-corrected chi connectivity index (χ4v) is 3.62. The molecule has 0 saturated heterocycles. The Morgan fingerprint density at radius 1 is 0.886 bits per heavy atom. The van der Waals surface area contributed by atoms with Crippen LogP contribution in [0, 0.1) is 11.6 Å². The van der Waals surface area contributed by atoms with E-state index in [1.54, 1.807) is 6.07 Å². The lowest BCUT2D eigenvalue weighted by Gasteiger charge is -2.18. The SMILES string of the molecule is CN(C)c1ccc(-c2nnc(Nc3ccc4c(c3)OCCO4)o2)c(NCc2ccc(F)c(F)c2)c1. The summed E-state index contributed by atoms with van der Waals surface area (Å²) in [6.45, 7) is 1.29. The average Bonchev–Trinajstić information content (AvgIpc) is 3.32. The molecule has 4 aromatic rings. The maximum absolute atomic E-state index is 13.6. The highest BCUT2D eigenvalue weighted by Crippen LogP contribution is 2.35. The monoisotopic (exact) mass is 479 g/mol. The van der Waals surface area contributed by atoms with Crippen molar-refractivity contribution in [3.05, 3.63) is 71.8 Å². The van der Waals surface area contributed by atoms with Crippen LogP contribution >= 0.6 is 0 Å². The number of benzene rings is 3. The Balaban J connectivity index is 1.38. The van der Waals surface area contributed by atoms with Gasteiger partial charge >= 0.3 is 6.01 Å². The summed E-state index contributed by atoms with van der Waals surface area (Å²) in [6.07, 6.45) is 0. The van der Waals surface area contributed by atoms with Crippen molar-refractivity contribution in [2.45, 2.75) is 6.54 Å². The van der Waals surface area contributed by atoms with Gasteiger partial charge in [-0.1, -0.05) is 11.2 Å². The third-order valence-corrected chi connectivity index (χ3v) is 5.44. The smallest absolute Gasteiger partial charge is 0.320 e. The molecule has 0 radical (unpaired) electrons. The summed E-state index contributed by atoms with van der Waals surface area (Å²) in [5, 5.41) is 14.6. The molecule has 5 rings (SSSR count). The molecule has 0 spiro atoms. The number of halogens is 2. The van der Waals surface area contributed by atoms with Crippen LogP contribution in [0.5, 0.6) is 11.5 Å². The quantitative estimate of drug-likeness (QED) is 0.374. The highest BCUT2D eigenvalue weighted by Gasteiger charge is 2.16. The number of hydrogen-bond acceptors (Lipinski definition) is 8. The topological polar surface area (TPSA) is 84.7 Å². The molecule has 0 saturated carbocycles. The molecule has 1 aliphatic rings. The van der Waals surface area contributed by atoms with Gasteiger partial charge in [0.15, 0.2) is 23.1 Å². The van der Waals surface area contributed by atoms with Crippen LogP contribution in [0.2, 0.25) is 0 Å². The summed E-state index contributed by atoms with van der Waals surface area (Å²) in [6, 6.07) is 15.2. The first-order valence-corrected chi connectivity index (χ1v) is 11.0. The minimum Gasteiger partial charge on any atom is -0.486 e. The van der Waals surface area contributed by atoms with Gasteiger partial charge in [-0.2, -0.15) is 0 Å². The number of fused-ring (bicyclic) bond motifs is 1. The number of nitrogens with one attached hydrogen (secondary N) is 2. The first-order chi connectivity index (χ1) is 17.0. The van der Waals surface area contributed by atoms with E-state index in [1.165, 1.54) is 12.1 Å². The van der Waals surface area contributed by atoms with Crippen LogP contribution in [-0.2, 0) is 6.54 Å². The normalized spacial score (nSPS) is 12.3. The molecule has 35 heavy (non-hydrogen) atoms. The summed E-state index contributed by atoms with van der Waals surface area (Å²) in [4.78, 5) is 1.95. The number of nitrogens with zero attached hydrogens (tertiary/aromatic N) is 3. The fourth-order valence-electron chi connectivity index (χ4n) is 3.62. The van der Waals surface area contributed by atoms with Gasteiger partial charge in [0.05, 0.1) is 5.56 Å². The number of anilines is 4. The maximum atomic E-state index is 13.6. The molecule has 1 aromatic heterocycles. The Hall–Kier alpha value is -4.34. The van der Waals surface area contributed by atoms with Crippen LogP contribution in [0.25, 0.3) is 11.5 Å². The van der Waals surface area contributed by atoms with E-state index in [-0.39, 0.29) is 12.6 Å². The van der Waals surface area contributed by atoms with E-state index in [1.807, 2.05) is 49.3 Å². The van der Waals surface area contributed by atoms with Crippen molar-refractivity contribution in [1.82, 2.24) is 10.2 Å². The molecule has 1 aliphatic heterocycles. The van der Waals surface area contributed by atoms with Crippen molar-refractivity contribution in [2.24, 2.45) is 0 Å². The lowest BCUT2D eigenvalue weighted by Crippen LogP contribution is -2.15. The summed E-state index contributed by atoms with van der Waals surface area (Å²) < 4.78 is 43.9. The van der Waals surface area contributed by atoms with E-state index in [0.717, 1.165) is 11.8 Å². The fraction of sp³-hybridized carbons (Fsp3) is 0.200. The third-order valence-electron chi connectivity index (χ3n) is 5.44. The first kappa shape index (κ1) is 22.5. The van der Waals surface area contributed by atoms with Crippen molar-refractivity contribution >= 4 is 23.1 Å². The Morgan fingerprint density at radius 2 is 1.71 bits per heavy atom. The van der Waals surface area contributed by atoms with Crippen molar-refractivity contribution in [1.29, 1.82) is 0 Å². The molecule has 180 valence electrons. The van der Waals surface area contributed by atoms with Gasteiger partial charge in [-0.15, -0.1) is 5.10 Å². The minimum atomic E-state index is -0.890. The predicted molar refractivity (Wildman–Crippen MR) is 128 cm³/mol.